The van der Waals surface area contributed by atoms with E-state index in [0.29, 0.717) is 12.0 Å². The summed E-state index contributed by atoms with van der Waals surface area (Å²) in [6, 6.07) is 14.1. The van der Waals surface area contributed by atoms with Gasteiger partial charge in [0.2, 0.25) is 0 Å². The smallest absolute Gasteiger partial charge is 0.251 e. The molecule has 0 spiro atoms. The highest BCUT2D eigenvalue weighted by Crippen LogP contribution is 2.18. The number of benzene rings is 2. The Bertz CT molecular complexity index is 887. The highest BCUT2D eigenvalue weighted by Gasteiger charge is 2.23. The maximum absolute atomic E-state index is 12.6. The summed E-state index contributed by atoms with van der Waals surface area (Å²) in [5.74, 6) is -0.312. The van der Waals surface area contributed by atoms with Gasteiger partial charge in [0.15, 0.2) is 9.84 Å². The molecule has 6 heteroatoms. The van der Waals surface area contributed by atoms with Crippen LogP contribution in [0.25, 0.3) is 0 Å². The van der Waals surface area contributed by atoms with Gasteiger partial charge in [-0.05, 0) is 62.6 Å². The van der Waals surface area contributed by atoms with Gasteiger partial charge in [-0.2, -0.15) is 0 Å². The number of rotatable bonds is 8. The second-order valence-electron chi connectivity index (χ2n) is 7.28. The van der Waals surface area contributed by atoms with Crippen molar-refractivity contribution in [2.75, 3.05) is 19.5 Å². The van der Waals surface area contributed by atoms with Gasteiger partial charge < -0.3 is 10.1 Å². The first-order chi connectivity index (χ1) is 12.6. The van der Waals surface area contributed by atoms with E-state index in [0.717, 1.165) is 0 Å². The van der Waals surface area contributed by atoms with Gasteiger partial charge in [0, 0.05) is 18.2 Å². The molecule has 0 unspecified atom stereocenters. The highest BCUT2D eigenvalue weighted by molar-refractivity contribution is 7.91. The molecular formula is C21H27NO4S. The number of hydrogen-bond donors (Lipinski definition) is 1. The quantitative estimate of drug-likeness (QED) is 0.753. The SMILES string of the molecule is COCCS(=O)(=O)c1ccc(C(=O)NC(C)(C)Cc2ccccc2C)cc1. The fourth-order valence-corrected chi connectivity index (χ4v) is 4.01. The van der Waals surface area contributed by atoms with Gasteiger partial charge in [-0.3, -0.25) is 4.79 Å². The third-order valence-corrected chi connectivity index (χ3v) is 6.07. The predicted molar refractivity (Wildman–Crippen MR) is 107 cm³/mol. The van der Waals surface area contributed by atoms with Crippen LogP contribution in [0.15, 0.2) is 53.4 Å². The number of hydrogen-bond acceptors (Lipinski definition) is 4. The standard InChI is InChI=1S/C21H27NO4S/c1-16-7-5-6-8-18(16)15-21(2,3)22-20(23)17-9-11-19(12-10-17)27(24,25)14-13-26-4/h5-12H,13-15H2,1-4H3,(H,22,23). The first-order valence-electron chi connectivity index (χ1n) is 8.83. The van der Waals surface area contributed by atoms with E-state index < -0.39 is 15.4 Å². The van der Waals surface area contributed by atoms with Crippen molar-refractivity contribution in [2.45, 2.75) is 37.6 Å². The molecule has 2 aromatic rings. The zero-order chi connectivity index (χ0) is 20.1. The lowest BCUT2D eigenvalue weighted by Gasteiger charge is -2.27. The molecule has 0 aliphatic carbocycles. The Hall–Kier alpha value is -2.18. The Balaban J connectivity index is 2.08. The lowest BCUT2D eigenvalue weighted by Crippen LogP contribution is -2.45. The Labute approximate surface area is 161 Å². The van der Waals surface area contributed by atoms with E-state index in [2.05, 4.69) is 24.4 Å². The number of ether oxygens (including phenoxy) is 1. The second-order valence-corrected chi connectivity index (χ2v) is 9.39. The predicted octanol–water partition coefficient (Wildman–Crippen LogP) is 3.17. The molecule has 2 rings (SSSR count). The molecule has 0 bridgehead atoms. The van der Waals surface area contributed by atoms with Crippen LogP contribution in [-0.4, -0.2) is 39.3 Å². The van der Waals surface area contributed by atoms with E-state index in [1.54, 1.807) is 12.1 Å². The number of methoxy groups -OCH3 is 1. The average Bonchev–Trinajstić information content (AvgIpc) is 2.61. The number of aryl methyl sites for hydroxylation is 1. The van der Waals surface area contributed by atoms with Crippen LogP contribution in [0.4, 0.5) is 0 Å². The molecule has 146 valence electrons. The molecule has 0 aromatic heterocycles. The monoisotopic (exact) mass is 389 g/mol. The Morgan fingerprint density at radius 1 is 1.07 bits per heavy atom. The summed E-state index contributed by atoms with van der Waals surface area (Å²) in [6.45, 7) is 6.13. The van der Waals surface area contributed by atoms with Crippen molar-refractivity contribution >= 4 is 15.7 Å². The van der Waals surface area contributed by atoms with Crippen LogP contribution < -0.4 is 5.32 Å². The number of nitrogens with one attached hydrogen (secondary N) is 1. The van der Waals surface area contributed by atoms with Gasteiger partial charge >= 0.3 is 0 Å². The molecule has 5 nitrogen and oxygen atoms in total. The molecule has 0 radical (unpaired) electrons. The molecule has 0 aliphatic rings. The van der Waals surface area contributed by atoms with Crippen LogP contribution in [-0.2, 0) is 21.0 Å². The molecule has 1 amide bonds. The van der Waals surface area contributed by atoms with Gasteiger partial charge in [0.05, 0.1) is 17.3 Å². The zero-order valence-corrected chi connectivity index (χ0v) is 17.1. The van der Waals surface area contributed by atoms with Crippen LogP contribution >= 0.6 is 0 Å². The maximum Gasteiger partial charge on any atom is 0.251 e. The van der Waals surface area contributed by atoms with Crippen molar-refractivity contribution in [3.05, 3.63) is 65.2 Å². The van der Waals surface area contributed by atoms with E-state index in [9.17, 15) is 13.2 Å². The van der Waals surface area contributed by atoms with Gasteiger partial charge in [-0.1, -0.05) is 24.3 Å². The molecule has 27 heavy (non-hydrogen) atoms. The molecular weight excluding hydrogens is 362 g/mol. The summed E-state index contributed by atoms with van der Waals surface area (Å²) in [5.41, 5.74) is 2.36. The zero-order valence-electron chi connectivity index (χ0n) is 16.3. The summed E-state index contributed by atoms with van der Waals surface area (Å²) >= 11 is 0. The first kappa shape index (κ1) is 21.1. The van der Waals surface area contributed by atoms with Crippen LogP contribution in [0, 0.1) is 6.92 Å². The molecule has 0 aliphatic heterocycles. The summed E-state index contributed by atoms with van der Waals surface area (Å²) < 4.78 is 29.1. The maximum atomic E-state index is 12.6. The number of sulfone groups is 1. The van der Waals surface area contributed by atoms with Crippen LogP contribution in [0.2, 0.25) is 0 Å². The molecule has 2 aromatic carbocycles. The summed E-state index contributed by atoms with van der Waals surface area (Å²) in [6.07, 6.45) is 0.703. The first-order valence-corrected chi connectivity index (χ1v) is 10.5. The fourth-order valence-electron chi connectivity index (χ4n) is 2.83. The normalized spacial score (nSPS) is 12.0. The molecule has 0 saturated heterocycles. The average molecular weight is 390 g/mol. The van der Waals surface area contributed by atoms with E-state index in [4.69, 9.17) is 4.74 Å². The van der Waals surface area contributed by atoms with E-state index in [1.807, 2.05) is 26.0 Å². The molecule has 0 saturated carbocycles. The Morgan fingerprint density at radius 3 is 2.30 bits per heavy atom. The van der Waals surface area contributed by atoms with Crippen LogP contribution in [0.1, 0.15) is 35.3 Å². The van der Waals surface area contributed by atoms with Crippen molar-refractivity contribution in [1.82, 2.24) is 5.32 Å². The van der Waals surface area contributed by atoms with Gasteiger partial charge in [-0.25, -0.2) is 8.42 Å². The molecule has 0 atom stereocenters. The third kappa shape index (κ3) is 5.91. The Kier molecular flexibility index (Phi) is 6.78. The third-order valence-electron chi connectivity index (χ3n) is 4.38. The summed E-state index contributed by atoms with van der Waals surface area (Å²) in [4.78, 5) is 12.8. The van der Waals surface area contributed by atoms with Gasteiger partial charge in [0.25, 0.3) is 5.91 Å². The Morgan fingerprint density at radius 2 is 1.70 bits per heavy atom. The van der Waals surface area contributed by atoms with Crippen LogP contribution in [0.5, 0.6) is 0 Å². The van der Waals surface area contributed by atoms with E-state index in [-0.39, 0.29) is 23.2 Å². The second kappa shape index (κ2) is 8.67. The lowest BCUT2D eigenvalue weighted by molar-refractivity contribution is 0.0913. The summed E-state index contributed by atoms with van der Waals surface area (Å²) in [7, 11) is -1.94. The van der Waals surface area contributed by atoms with Crippen molar-refractivity contribution in [3.63, 3.8) is 0 Å². The summed E-state index contributed by atoms with van der Waals surface area (Å²) in [5, 5.41) is 3.03. The number of carbonyl (C=O) groups excluding carboxylic acids is 1. The highest BCUT2D eigenvalue weighted by atomic mass is 32.2. The van der Waals surface area contributed by atoms with Crippen molar-refractivity contribution < 1.29 is 17.9 Å². The largest absolute Gasteiger partial charge is 0.384 e. The van der Waals surface area contributed by atoms with Crippen molar-refractivity contribution in [1.29, 1.82) is 0 Å². The van der Waals surface area contributed by atoms with Crippen molar-refractivity contribution in [3.8, 4) is 0 Å². The minimum atomic E-state index is -3.40. The minimum absolute atomic E-state index is 0.0848. The van der Waals surface area contributed by atoms with Gasteiger partial charge in [-0.15, -0.1) is 0 Å². The topological polar surface area (TPSA) is 72.5 Å². The minimum Gasteiger partial charge on any atom is -0.384 e. The van der Waals surface area contributed by atoms with Crippen molar-refractivity contribution in [2.24, 2.45) is 0 Å². The lowest BCUT2D eigenvalue weighted by atomic mass is 9.92. The van der Waals surface area contributed by atoms with E-state index in [1.165, 1.54) is 30.4 Å². The fraction of sp³-hybridized carbons (Fsp3) is 0.381. The molecule has 0 fully saturated rings. The van der Waals surface area contributed by atoms with E-state index >= 15 is 0 Å². The molecule has 0 heterocycles. The number of amides is 1. The van der Waals surface area contributed by atoms with Gasteiger partial charge in [0.1, 0.15) is 0 Å². The van der Waals surface area contributed by atoms with Crippen LogP contribution in [0.3, 0.4) is 0 Å². The number of carbonyl (C=O) groups is 1. The molecule has 1 N–H and O–H groups in total.